The van der Waals surface area contributed by atoms with E-state index in [2.05, 4.69) is 28.4 Å². The summed E-state index contributed by atoms with van der Waals surface area (Å²) in [6.45, 7) is 3.65. The average molecular weight is 190 g/mol. The van der Waals surface area contributed by atoms with E-state index in [1.165, 1.54) is 44.5 Å². The molecule has 2 aliphatic heterocycles. The molecule has 2 atom stereocenters. The monoisotopic (exact) mass is 190 g/mol. The smallest absolute Gasteiger partial charge is 0.0240 e. The van der Waals surface area contributed by atoms with Crippen molar-refractivity contribution >= 4 is 0 Å². The van der Waals surface area contributed by atoms with Gasteiger partial charge in [-0.1, -0.05) is 18.2 Å². The van der Waals surface area contributed by atoms with Crippen molar-refractivity contribution in [1.82, 2.24) is 10.2 Å². The lowest BCUT2D eigenvalue weighted by Crippen LogP contribution is -2.44. The highest BCUT2D eigenvalue weighted by molar-refractivity contribution is 5.24. The van der Waals surface area contributed by atoms with Crippen molar-refractivity contribution in [2.24, 2.45) is 0 Å². The van der Waals surface area contributed by atoms with Gasteiger partial charge in [-0.2, -0.15) is 0 Å². The predicted molar refractivity (Wildman–Crippen MR) is 58.2 cm³/mol. The Morgan fingerprint density at radius 1 is 1.43 bits per heavy atom. The van der Waals surface area contributed by atoms with E-state index in [9.17, 15) is 0 Å². The molecule has 0 saturated carbocycles. The summed E-state index contributed by atoms with van der Waals surface area (Å²) >= 11 is 0. The van der Waals surface area contributed by atoms with Gasteiger partial charge in [-0.05, 0) is 24.8 Å². The minimum Gasteiger partial charge on any atom is -0.311 e. The number of hydrogen-bond donors (Lipinski definition) is 1. The molecule has 14 heavy (non-hydrogen) atoms. The summed E-state index contributed by atoms with van der Waals surface area (Å²) < 4.78 is 0. The van der Waals surface area contributed by atoms with E-state index in [1.807, 2.05) is 0 Å². The van der Waals surface area contributed by atoms with Crippen molar-refractivity contribution in [2.75, 3.05) is 19.6 Å². The van der Waals surface area contributed by atoms with Gasteiger partial charge in [-0.3, -0.25) is 4.90 Å². The molecule has 1 aliphatic carbocycles. The summed E-state index contributed by atoms with van der Waals surface area (Å²) in [5.41, 5.74) is 1.53. The normalized spacial score (nSPS) is 36.4. The van der Waals surface area contributed by atoms with Crippen molar-refractivity contribution in [2.45, 2.75) is 31.3 Å². The van der Waals surface area contributed by atoms with Crippen LogP contribution in [-0.4, -0.2) is 36.6 Å². The molecule has 2 bridgehead atoms. The fourth-order valence-corrected chi connectivity index (χ4v) is 2.86. The average Bonchev–Trinajstić information content (AvgIpc) is 2.81. The van der Waals surface area contributed by atoms with Gasteiger partial charge in [0.1, 0.15) is 0 Å². The van der Waals surface area contributed by atoms with E-state index in [4.69, 9.17) is 0 Å². The lowest BCUT2D eigenvalue weighted by atomic mass is 10.1. The van der Waals surface area contributed by atoms with E-state index in [-0.39, 0.29) is 0 Å². The van der Waals surface area contributed by atoms with Gasteiger partial charge < -0.3 is 5.32 Å². The van der Waals surface area contributed by atoms with Gasteiger partial charge >= 0.3 is 0 Å². The van der Waals surface area contributed by atoms with Gasteiger partial charge in [-0.25, -0.2) is 0 Å². The van der Waals surface area contributed by atoms with Gasteiger partial charge in [0.25, 0.3) is 0 Å². The number of fused-ring (bicyclic) bond motifs is 2. The molecule has 0 aromatic heterocycles. The zero-order valence-corrected chi connectivity index (χ0v) is 8.58. The Bertz CT molecular complexity index is 280. The van der Waals surface area contributed by atoms with E-state index in [0.29, 0.717) is 0 Å². The second-order valence-corrected chi connectivity index (χ2v) is 4.68. The molecule has 1 N–H and O–H groups in total. The molecule has 2 unspecified atom stereocenters. The Kier molecular flexibility index (Phi) is 2.18. The molecular weight excluding hydrogens is 172 g/mol. The number of nitrogens with one attached hydrogen (secondary N) is 1. The van der Waals surface area contributed by atoms with Crippen LogP contribution < -0.4 is 5.32 Å². The third kappa shape index (κ3) is 1.53. The third-order valence-corrected chi connectivity index (χ3v) is 3.63. The number of hydrogen-bond acceptors (Lipinski definition) is 2. The molecule has 0 radical (unpaired) electrons. The largest absolute Gasteiger partial charge is 0.311 e. The first-order valence-corrected chi connectivity index (χ1v) is 5.75. The number of piperazine rings is 1. The summed E-state index contributed by atoms with van der Waals surface area (Å²) in [5, 5.41) is 3.54. The first-order valence-electron chi connectivity index (χ1n) is 5.75. The molecular formula is C12H18N2. The van der Waals surface area contributed by atoms with Crippen LogP contribution in [0.3, 0.4) is 0 Å². The molecule has 2 fully saturated rings. The van der Waals surface area contributed by atoms with Gasteiger partial charge in [0.2, 0.25) is 0 Å². The second kappa shape index (κ2) is 3.52. The van der Waals surface area contributed by atoms with Crippen LogP contribution in [-0.2, 0) is 0 Å². The van der Waals surface area contributed by atoms with Crippen LogP contribution in [0.2, 0.25) is 0 Å². The maximum Gasteiger partial charge on any atom is 0.0240 e. The maximum absolute atomic E-state index is 3.54. The van der Waals surface area contributed by atoms with Crippen LogP contribution in [0.15, 0.2) is 23.8 Å². The molecule has 2 saturated heterocycles. The highest BCUT2D eigenvalue weighted by Crippen LogP contribution is 2.24. The van der Waals surface area contributed by atoms with Crippen LogP contribution in [0.5, 0.6) is 0 Å². The number of likely N-dealkylation sites (tertiary alicyclic amines) is 1. The van der Waals surface area contributed by atoms with Gasteiger partial charge in [0.15, 0.2) is 0 Å². The summed E-state index contributed by atoms with van der Waals surface area (Å²) in [7, 11) is 0. The van der Waals surface area contributed by atoms with Crippen molar-refractivity contribution in [3.8, 4) is 0 Å². The van der Waals surface area contributed by atoms with Crippen LogP contribution >= 0.6 is 0 Å². The number of rotatable bonds is 2. The van der Waals surface area contributed by atoms with Gasteiger partial charge in [0.05, 0.1) is 0 Å². The Morgan fingerprint density at radius 3 is 3.07 bits per heavy atom. The summed E-state index contributed by atoms with van der Waals surface area (Å²) in [6, 6.07) is 1.60. The molecule has 2 heterocycles. The minimum atomic E-state index is 0.785. The molecule has 2 heteroatoms. The Balaban J connectivity index is 1.62. The molecule has 0 amide bonds. The van der Waals surface area contributed by atoms with Crippen LogP contribution in [0.1, 0.15) is 19.3 Å². The molecule has 0 aromatic carbocycles. The first-order chi connectivity index (χ1) is 6.92. The summed E-state index contributed by atoms with van der Waals surface area (Å²) in [5.74, 6) is 0. The van der Waals surface area contributed by atoms with Gasteiger partial charge in [-0.15, -0.1) is 0 Å². The second-order valence-electron chi connectivity index (χ2n) is 4.68. The maximum atomic E-state index is 3.54. The highest BCUT2D eigenvalue weighted by Gasteiger charge is 2.37. The fourth-order valence-electron chi connectivity index (χ4n) is 2.86. The number of allylic oxidation sites excluding steroid dienone is 2. The van der Waals surface area contributed by atoms with Crippen molar-refractivity contribution in [3.05, 3.63) is 23.8 Å². The molecule has 2 nitrogen and oxygen atoms in total. The lowest BCUT2D eigenvalue weighted by molar-refractivity contribution is 0.245. The molecule has 3 aliphatic rings. The minimum absolute atomic E-state index is 0.785. The highest BCUT2D eigenvalue weighted by atomic mass is 15.3. The Labute approximate surface area is 85.7 Å². The first kappa shape index (κ1) is 8.69. The third-order valence-electron chi connectivity index (χ3n) is 3.63. The molecule has 3 rings (SSSR count). The number of nitrogens with zero attached hydrogens (tertiary/aromatic N) is 1. The Morgan fingerprint density at radius 2 is 2.43 bits per heavy atom. The van der Waals surface area contributed by atoms with Gasteiger partial charge in [0, 0.05) is 31.7 Å². The fraction of sp³-hybridized carbons (Fsp3) is 0.667. The summed E-state index contributed by atoms with van der Waals surface area (Å²) in [6.07, 6.45) is 10.9. The standard InChI is InChI=1S/C12H18N2/c1-2-4-10(5-3-1)8-14-9-11-6-12(14)7-13-11/h2,4-5,11-13H,1,3,6-9H2. The Hall–Kier alpha value is -0.600. The van der Waals surface area contributed by atoms with E-state index < -0.39 is 0 Å². The van der Waals surface area contributed by atoms with Crippen LogP contribution in [0.25, 0.3) is 0 Å². The zero-order valence-electron chi connectivity index (χ0n) is 8.58. The topological polar surface area (TPSA) is 15.3 Å². The van der Waals surface area contributed by atoms with E-state index >= 15 is 0 Å². The van der Waals surface area contributed by atoms with Crippen molar-refractivity contribution in [3.63, 3.8) is 0 Å². The van der Waals surface area contributed by atoms with Crippen LogP contribution in [0, 0.1) is 0 Å². The van der Waals surface area contributed by atoms with Crippen LogP contribution in [0.4, 0.5) is 0 Å². The van der Waals surface area contributed by atoms with E-state index in [0.717, 1.165) is 12.1 Å². The SMILES string of the molecule is C1=CC(CN2CC3CC2CN3)=CCC1. The predicted octanol–water partition coefficient (Wildman–Crippen LogP) is 1.31. The molecule has 0 spiro atoms. The summed E-state index contributed by atoms with van der Waals surface area (Å²) in [4.78, 5) is 2.64. The van der Waals surface area contributed by atoms with Crippen molar-refractivity contribution in [1.29, 1.82) is 0 Å². The van der Waals surface area contributed by atoms with Crippen molar-refractivity contribution < 1.29 is 0 Å². The molecule has 76 valence electrons. The lowest BCUT2D eigenvalue weighted by Gasteiger charge is -2.28. The quantitative estimate of drug-likeness (QED) is 0.706. The molecule has 0 aromatic rings. The zero-order chi connectivity index (χ0) is 9.38. The van der Waals surface area contributed by atoms with E-state index in [1.54, 1.807) is 0 Å².